The summed E-state index contributed by atoms with van der Waals surface area (Å²) in [5, 5.41) is 2.84. The number of piperidine rings is 1. The van der Waals surface area contributed by atoms with E-state index < -0.39 is 10.0 Å². The third-order valence-corrected chi connectivity index (χ3v) is 7.49. The Labute approximate surface area is 173 Å². The molecule has 0 aromatic heterocycles. The van der Waals surface area contributed by atoms with E-state index in [2.05, 4.69) is 19.2 Å². The van der Waals surface area contributed by atoms with Crippen LogP contribution >= 0.6 is 11.8 Å². The summed E-state index contributed by atoms with van der Waals surface area (Å²) in [6, 6.07) is 4.71. The highest BCUT2D eigenvalue weighted by molar-refractivity contribution is 7.99. The smallest absolute Gasteiger partial charge is 0.243 e. The van der Waals surface area contributed by atoms with Crippen LogP contribution in [0.5, 0.6) is 5.75 Å². The maximum Gasteiger partial charge on any atom is 0.243 e. The molecule has 1 amide bonds. The predicted molar refractivity (Wildman–Crippen MR) is 116 cm³/mol. The second kappa shape index (κ2) is 10.5. The maximum absolute atomic E-state index is 13.0. The highest BCUT2D eigenvalue weighted by Gasteiger charge is 2.27. The number of carbonyl (C=O) groups excluding carboxylic acids is 1. The summed E-state index contributed by atoms with van der Waals surface area (Å²) in [7, 11) is -3.57. The standard InChI is InChI=1S/C20H32N2O4S2/c1-15(2)13-27-14-20(23)21-18-12-17(8-9-19(18)26-16(3)4)28(24,25)22-10-6-5-7-11-22/h8-9,12,15-16H,5-7,10-11,13-14H2,1-4H3,(H,21,23). The van der Waals surface area contributed by atoms with Crippen molar-refractivity contribution >= 4 is 33.4 Å². The van der Waals surface area contributed by atoms with E-state index >= 15 is 0 Å². The number of nitrogens with one attached hydrogen (secondary N) is 1. The van der Waals surface area contributed by atoms with Gasteiger partial charge in [0.1, 0.15) is 5.75 Å². The molecule has 0 bridgehead atoms. The number of sulfonamides is 1. The van der Waals surface area contributed by atoms with Crippen LogP contribution in [0.25, 0.3) is 0 Å². The van der Waals surface area contributed by atoms with Gasteiger partial charge in [-0.25, -0.2) is 8.42 Å². The number of amides is 1. The Morgan fingerprint density at radius 3 is 2.46 bits per heavy atom. The van der Waals surface area contributed by atoms with E-state index in [1.54, 1.807) is 23.9 Å². The molecule has 0 spiro atoms. The predicted octanol–water partition coefficient (Wildman–Crippen LogP) is 3.98. The molecule has 1 aliphatic heterocycles. The summed E-state index contributed by atoms with van der Waals surface area (Å²) in [5.41, 5.74) is 0.405. The zero-order valence-corrected chi connectivity index (χ0v) is 18.9. The first-order valence-electron chi connectivity index (χ1n) is 9.88. The minimum atomic E-state index is -3.57. The minimum Gasteiger partial charge on any atom is -0.489 e. The summed E-state index contributed by atoms with van der Waals surface area (Å²) < 4.78 is 33.2. The largest absolute Gasteiger partial charge is 0.489 e. The molecule has 1 heterocycles. The van der Waals surface area contributed by atoms with Crippen molar-refractivity contribution in [2.75, 3.05) is 29.9 Å². The van der Waals surface area contributed by atoms with Crippen molar-refractivity contribution < 1.29 is 17.9 Å². The topological polar surface area (TPSA) is 75.7 Å². The van der Waals surface area contributed by atoms with Gasteiger partial charge in [0.15, 0.2) is 0 Å². The van der Waals surface area contributed by atoms with Crippen LogP contribution in [0.15, 0.2) is 23.1 Å². The molecule has 0 saturated carbocycles. The molecule has 2 rings (SSSR count). The van der Waals surface area contributed by atoms with Crippen LogP contribution < -0.4 is 10.1 Å². The normalized spacial score (nSPS) is 15.8. The molecular weight excluding hydrogens is 396 g/mol. The molecule has 1 aliphatic rings. The zero-order valence-electron chi connectivity index (χ0n) is 17.2. The summed E-state index contributed by atoms with van der Waals surface area (Å²) >= 11 is 1.56. The van der Waals surface area contributed by atoms with Crippen LogP contribution in [0.4, 0.5) is 5.69 Å². The number of rotatable bonds is 9. The SMILES string of the molecule is CC(C)CSCC(=O)Nc1cc(S(=O)(=O)N2CCCCC2)ccc1OC(C)C. The molecule has 28 heavy (non-hydrogen) atoms. The summed E-state index contributed by atoms with van der Waals surface area (Å²) in [5.74, 6) is 2.05. The lowest BCUT2D eigenvalue weighted by Crippen LogP contribution is -2.35. The lowest BCUT2D eigenvalue weighted by molar-refractivity contribution is -0.113. The highest BCUT2D eigenvalue weighted by atomic mass is 32.2. The maximum atomic E-state index is 13.0. The van der Waals surface area contributed by atoms with Crippen LogP contribution in [0, 0.1) is 5.92 Å². The summed E-state index contributed by atoms with van der Waals surface area (Å²) in [6.45, 7) is 9.08. The van der Waals surface area contributed by atoms with E-state index in [-0.39, 0.29) is 16.9 Å². The quantitative estimate of drug-likeness (QED) is 0.644. The molecule has 6 nitrogen and oxygen atoms in total. The van der Waals surface area contributed by atoms with E-state index in [0.717, 1.165) is 25.0 Å². The average molecular weight is 429 g/mol. The van der Waals surface area contributed by atoms with Crippen LogP contribution in [0.2, 0.25) is 0 Å². The summed E-state index contributed by atoms with van der Waals surface area (Å²) in [6.07, 6.45) is 2.73. The summed E-state index contributed by atoms with van der Waals surface area (Å²) in [4.78, 5) is 12.5. The number of thioether (sulfide) groups is 1. The highest BCUT2D eigenvalue weighted by Crippen LogP contribution is 2.31. The fourth-order valence-corrected chi connectivity index (χ4v) is 5.34. The van der Waals surface area contributed by atoms with Gasteiger partial charge >= 0.3 is 0 Å². The van der Waals surface area contributed by atoms with Crippen molar-refractivity contribution in [2.24, 2.45) is 5.92 Å². The zero-order chi connectivity index (χ0) is 20.7. The van der Waals surface area contributed by atoms with Crippen molar-refractivity contribution in [3.63, 3.8) is 0 Å². The van der Waals surface area contributed by atoms with E-state index in [0.29, 0.717) is 36.2 Å². The molecule has 1 aromatic rings. The molecule has 0 atom stereocenters. The second-order valence-corrected chi connectivity index (χ2v) is 10.7. The van der Waals surface area contributed by atoms with Gasteiger partial charge in [-0.15, -0.1) is 0 Å². The van der Waals surface area contributed by atoms with Crippen molar-refractivity contribution in [3.8, 4) is 5.75 Å². The monoisotopic (exact) mass is 428 g/mol. The van der Waals surface area contributed by atoms with E-state index in [1.165, 1.54) is 10.4 Å². The first-order valence-corrected chi connectivity index (χ1v) is 12.5. The molecule has 0 aliphatic carbocycles. The number of nitrogens with zero attached hydrogens (tertiary/aromatic N) is 1. The number of benzene rings is 1. The van der Waals surface area contributed by atoms with Crippen LogP contribution in [0.3, 0.4) is 0 Å². The fourth-order valence-electron chi connectivity index (χ4n) is 2.95. The third-order valence-electron chi connectivity index (χ3n) is 4.22. The van der Waals surface area contributed by atoms with Gasteiger partial charge in [0, 0.05) is 13.1 Å². The Morgan fingerprint density at radius 1 is 1.18 bits per heavy atom. The van der Waals surface area contributed by atoms with Crippen LogP contribution in [0.1, 0.15) is 47.0 Å². The van der Waals surface area contributed by atoms with Gasteiger partial charge in [0.2, 0.25) is 15.9 Å². The average Bonchev–Trinajstić information content (AvgIpc) is 2.63. The number of anilines is 1. The molecule has 8 heteroatoms. The van der Waals surface area contributed by atoms with Gasteiger partial charge < -0.3 is 10.1 Å². The van der Waals surface area contributed by atoms with Gasteiger partial charge in [-0.3, -0.25) is 4.79 Å². The lowest BCUT2D eigenvalue weighted by atomic mass is 10.2. The molecule has 0 unspecified atom stereocenters. The van der Waals surface area contributed by atoms with E-state index in [9.17, 15) is 13.2 Å². The Kier molecular flexibility index (Phi) is 8.64. The molecular formula is C20H32N2O4S2. The van der Waals surface area contributed by atoms with Crippen molar-refractivity contribution in [2.45, 2.75) is 58.0 Å². The van der Waals surface area contributed by atoms with Gasteiger partial charge in [-0.2, -0.15) is 16.1 Å². The van der Waals surface area contributed by atoms with E-state index in [4.69, 9.17) is 4.74 Å². The first-order chi connectivity index (χ1) is 13.2. The Morgan fingerprint density at radius 2 is 1.86 bits per heavy atom. The molecule has 1 N–H and O–H groups in total. The molecule has 1 aromatic carbocycles. The molecule has 1 fully saturated rings. The Hall–Kier alpha value is -1.25. The van der Waals surface area contributed by atoms with E-state index in [1.807, 2.05) is 13.8 Å². The molecule has 1 saturated heterocycles. The van der Waals surface area contributed by atoms with Gasteiger partial charge in [0.25, 0.3) is 0 Å². The second-order valence-electron chi connectivity index (χ2n) is 7.75. The Bertz CT molecular complexity index is 757. The number of hydrogen-bond acceptors (Lipinski definition) is 5. The number of ether oxygens (including phenoxy) is 1. The third kappa shape index (κ3) is 6.67. The fraction of sp³-hybridized carbons (Fsp3) is 0.650. The lowest BCUT2D eigenvalue weighted by Gasteiger charge is -2.26. The van der Waals surface area contributed by atoms with Gasteiger partial charge in [0.05, 0.1) is 22.4 Å². The van der Waals surface area contributed by atoms with Gasteiger partial charge in [-0.1, -0.05) is 20.3 Å². The van der Waals surface area contributed by atoms with Crippen LogP contribution in [-0.4, -0.2) is 49.3 Å². The van der Waals surface area contributed by atoms with Crippen LogP contribution in [-0.2, 0) is 14.8 Å². The minimum absolute atomic E-state index is 0.0875. The molecule has 0 radical (unpaired) electrons. The Balaban J connectivity index is 2.22. The van der Waals surface area contributed by atoms with Crippen molar-refractivity contribution in [1.82, 2.24) is 4.31 Å². The van der Waals surface area contributed by atoms with Gasteiger partial charge in [-0.05, 0) is 56.6 Å². The van der Waals surface area contributed by atoms with Crippen molar-refractivity contribution in [1.29, 1.82) is 0 Å². The molecule has 158 valence electrons. The van der Waals surface area contributed by atoms with Crippen molar-refractivity contribution in [3.05, 3.63) is 18.2 Å². The number of carbonyl (C=O) groups is 1. The number of hydrogen-bond donors (Lipinski definition) is 1. The first kappa shape index (κ1) is 23.0.